The molecule has 8 heteroatoms. The molecule has 0 aliphatic heterocycles. The molecule has 0 amide bonds. The summed E-state index contributed by atoms with van der Waals surface area (Å²) < 4.78 is 1.08. The maximum atomic E-state index is 11.1. The Labute approximate surface area is 141 Å². The average Bonchev–Trinajstić information content (AvgIpc) is 3.07. The predicted octanol–water partition coefficient (Wildman–Crippen LogP) is 4.19. The molecule has 0 spiro atoms. The summed E-state index contributed by atoms with van der Waals surface area (Å²) in [5, 5.41) is 17.8. The van der Waals surface area contributed by atoms with Gasteiger partial charge in [0.1, 0.15) is 4.34 Å². The number of thioether (sulfide) groups is 1. The van der Waals surface area contributed by atoms with Crippen LogP contribution in [0.4, 0.5) is 11.4 Å². The SMILES string of the molecule is O=[N+]([O-])c1ccc(NCCCSc2nccs2)c2ccncc12. The van der Waals surface area contributed by atoms with Crippen LogP contribution < -0.4 is 5.32 Å². The summed E-state index contributed by atoms with van der Waals surface area (Å²) >= 11 is 3.38. The molecular weight excluding hydrogens is 332 g/mol. The summed E-state index contributed by atoms with van der Waals surface area (Å²) in [6.07, 6.45) is 5.97. The van der Waals surface area contributed by atoms with Gasteiger partial charge in [-0.05, 0) is 18.6 Å². The highest BCUT2D eigenvalue weighted by Crippen LogP contribution is 2.30. The zero-order valence-electron chi connectivity index (χ0n) is 12.1. The molecule has 0 aliphatic carbocycles. The van der Waals surface area contributed by atoms with Crippen LogP contribution in [0.2, 0.25) is 0 Å². The number of benzene rings is 1. The van der Waals surface area contributed by atoms with Crippen LogP contribution in [-0.2, 0) is 0 Å². The number of rotatable bonds is 7. The maximum Gasteiger partial charge on any atom is 0.278 e. The van der Waals surface area contributed by atoms with Crippen LogP contribution >= 0.6 is 23.1 Å². The zero-order chi connectivity index (χ0) is 16.1. The first-order chi connectivity index (χ1) is 11.3. The van der Waals surface area contributed by atoms with Crippen molar-refractivity contribution in [3.05, 3.63) is 52.3 Å². The first-order valence-electron chi connectivity index (χ1n) is 7.03. The quantitative estimate of drug-likeness (QED) is 0.299. The van der Waals surface area contributed by atoms with Crippen molar-refractivity contribution in [2.24, 2.45) is 0 Å². The van der Waals surface area contributed by atoms with Crippen molar-refractivity contribution in [1.29, 1.82) is 0 Å². The Bertz CT molecular complexity index is 808. The van der Waals surface area contributed by atoms with Gasteiger partial charge in [0, 0.05) is 53.4 Å². The van der Waals surface area contributed by atoms with Gasteiger partial charge in [-0.1, -0.05) is 11.8 Å². The summed E-state index contributed by atoms with van der Waals surface area (Å²) in [4.78, 5) is 18.9. The van der Waals surface area contributed by atoms with Gasteiger partial charge in [-0.2, -0.15) is 0 Å². The van der Waals surface area contributed by atoms with Crippen LogP contribution in [0.1, 0.15) is 6.42 Å². The largest absolute Gasteiger partial charge is 0.385 e. The third-order valence-electron chi connectivity index (χ3n) is 3.26. The molecule has 1 N–H and O–H groups in total. The molecule has 3 rings (SSSR count). The topological polar surface area (TPSA) is 81.0 Å². The van der Waals surface area contributed by atoms with Gasteiger partial charge < -0.3 is 5.32 Å². The van der Waals surface area contributed by atoms with E-state index in [0.717, 1.165) is 34.1 Å². The molecule has 118 valence electrons. The monoisotopic (exact) mass is 346 g/mol. The van der Waals surface area contributed by atoms with E-state index in [9.17, 15) is 10.1 Å². The average molecular weight is 346 g/mol. The van der Waals surface area contributed by atoms with Crippen molar-refractivity contribution in [3.63, 3.8) is 0 Å². The predicted molar refractivity (Wildman–Crippen MR) is 94.3 cm³/mol. The zero-order valence-corrected chi connectivity index (χ0v) is 13.8. The summed E-state index contributed by atoms with van der Waals surface area (Å²) in [7, 11) is 0. The number of hydrogen-bond acceptors (Lipinski definition) is 7. The minimum Gasteiger partial charge on any atom is -0.385 e. The van der Waals surface area contributed by atoms with E-state index in [2.05, 4.69) is 15.3 Å². The summed E-state index contributed by atoms with van der Waals surface area (Å²) in [6.45, 7) is 0.799. The number of aromatic nitrogens is 2. The number of anilines is 1. The first-order valence-corrected chi connectivity index (χ1v) is 8.89. The molecule has 0 saturated heterocycles. The van der Waals surface area contributed by atoms with Crippen LogP contribution in [0.15, 0.2) is 46.5 Å². The molecule has 1 aromatic carbocycles. The van der Waals surface area contributed by atoms with Crippen molar-refractivity contribution >= 4 is 45.2 Å². The molecule has 0 aliphatic rings. The lowest BCUT2D eigenvalue weighted by Crippen LogP contribution is -2.03. The molecule has 0 fully saturated rings. The number of nitro benzene ring substituents is 1. The van der Waals surface area contributed by atoms with Crippen molar-refractivity contribution in [2.75, 3.05) is 17.6 Å². The second kappa shape index (κ2) is 7.38. The van der Waals surface area contributed by atoms with Crippen LogP contribution in [0, 0.1) is 10.1 Å². The molecule has 2 heterocycles. The molecule has 23 heavy (non-hydrogen) atoms. The molecule has 0 radical (unpaired) electrons. The van der Waals surface area contributed by atoms with Crippen LogP contribution in [0.5, 0.6) is 0 Å². The van der Waals surface area contributed by atoms with E-state index in [4.69, 9.17) is 0 Å². The molecule has 2 aromatic heterocycles. The van der Waals surface area contributed by atoms with Crippen molar-refractivity contribution < 1.29 is 4.92 Å². The number of thiazole rings is 1. The van der Waals surface area contributed by atoms with Gasteiger partial charge in [0.2, 0.25) is 0 Å². The summed E-state index contributed by atoms with van der Waals surface area (Å²) in [5.74, 6) is 0.979. The lowest BCUT2D eigenvalue weighted by atomic mass is 10.1. The third-order valence-corrected chi connectivity index (χ3v) is 5.32. The van der Waals surface area contributed by atoms with Crippen LogP contribution in [-0.4, -0.2) is 27.2 Å². The van der Waals surface area contributed by atoms with Crippen molar-refractivity contribution in [3.8, 4) is 0 Å². The van der Waals surface area contributed by atoms with E-state index < -0.39 is 0 Å². The number of non-ortho nitro benzene ring substituents is 1. The standard InChI is InChI=1S/C15H14N4O2S2/c20-19(21)14-3-2-13(11-4-6-16-10-12(11)14)17-5-1-8-22-15-18-7-9-23-15/h2-4,6-7,9-10,17H,1,5,8H2. The van der Waals surface area contributed by atoms with Gasteiger partial charge in [0.25, 0.3) is 5.69 Å². The fraction of sp³-hybridized carbons (Fsp3) is 0.200. The Morgan fingerprint density at radius 2 is 2.17 bits per heavy atom. The molecule has 0 bridgehead atoms. The number of fused-ring (bicyclic) bond motifs is 1. The number of nitro groups is 1. The van der Waals surface area contributed by atoms with E-state index in [1.807, 2.05) is 11.6 Å². The number of nitrogens with one attached hydrogen (secondary N) is 1. The second-order valence-electron chi connectivity index (χ2n) is 4.74. The highest BCUT2D eigenvalue weighted by Gasteiger charge is 2.13. The lowest BCUT2D eigenvalue weighted by Gasteiger charge is -2.09. The van der Waals surface area contributed by atoms with Crippen LogP contribution in [0.3, 0.4) is 0 Å². The lowest BCUT2D eigenvalue weighted by molar-refractivity contribution is -0.383. The van der Waals surface area contributed by atoms with Gasteiger partial charge in [0.05, 0.1) is 10.3 Å². The smallest absolute Gasteiger partial charge is 0.278 e. The maximum absolute atomic E-state index is 11.1. The van der Waals surface area contributed by atoms with Crippen molar-refractivity contribution in [1.82, 2.24) is 9.97 Å². The Morgan fingerprint density at radius 1 is 1.26 bits per heavy atom. The molecule has 0 saturated carbocycles. The van der Waals surface area contributed by atoms with E-state index in [0.29, 0.717) is 5.39 Å². The Hall–Kier alpha value is -2.19. The molecule has 0 atom stereocenters. The fourth-order valence-corrected chi connectivity index (χ4v) is 3.87. The van der Waals surface area contributed by atoms with Crippen LogP contribution in [0.25, 0.3) is 10.8 Å². The van der Waals surface area contributed by atoms with Gasteiger partial charge in [0.15, 0.2) is 0 Å². The minimum atomic E-state index is -0.377. The second-order valence-corrected chi connectivity index (χ2v) is 6.97. The van der Waals surface area contributed by atoms with E-state index in [1.54, 1.807) is 41.4 Å². The third kappa shape index (κ3) is 3.77. The minimum absolute atomic E-state index is 0.0815. The molecule has 0 unspecified atom stereocenters. The Morgan fingerprint density at radius 3 is 2.96 bits per heavy atom. The van der Waals surface area contributed by atoms with Gasteiger partial charge in [-0.15, -0.1) is 11.3 Å². The Kier molecular flexibility index (Phi) is 5.04. The molecule has 3 aromatic rings. The first kappa shape index (κ1) is 15.7. The van der Waals surface area contributed by atoms with E-state index in [1.165, 1.54) is 12.3 Å². The summed E-state index contributed by atoms with van der Waals surface area (Å²) in [6, 6.07) is 5.08. The van der Waals surface area contributed by atoms with Gasteiger partial charge in [-0.25, -0.2) is 4.98 Å². The number of nitrogens with zero attached hydrogens (tertiary/aromatic N) is 3. The normalized spacial score (nSPS) is 10.8. The fourth-order valence-electron chi connectivity index (χ4n) is 2.22. The number of hydrogen-bond donors (Lipinski definition) is 1. The molecule has 6 nitrogen and oxygen atoms in total. The summed E-state index contributed by atoms with van der Waals surface area (Å²) in [5.41, 5.74) is 0.977. The van der Waals surface area contributed by atoms with E-state index in [-0.39, 0.29) is 10.6 Å². The van der Waals surface area contributed by atoms with Crippen molar-refractivity contribution in [2.45, 2.75) is 10.8 Å². The highest BCUT2D eigenvalue weighted by atomic mass is 32.2. The van der Waals surface area contributed by atoms with E-state index >= 15 is 0 Å². The number of pyridine rings is 1. The Balaban J connectivity index is 1.64. The molecular formula is C15H14N4O2S2. The van der Waals surface area contributed by atoms with Gasteiger partial charge >= 0.3 is 0 Å². The highest BCUT2D eigenvalue weighted by molar-refractivity contribution is 8.00. The van der Waals surface area contributed by atoms with Gasteiger partial charge in [-0.3, -0.25) is 15.1 Å².